The van der Waals surface area contributed by atoms with Crippen LogP contribution in [0.25, 0.3) is 0 Å². The van der Waals surface area contributed by atoms with Crippen LogP contribution >= 0.6 is 15.9 Å². The van der Waals surface area contributed by atoms with Gasteiger partial charge in [-0.2, -0.15) is 0 Å². The zero-order chi connectivity index (χ0) is 13.0. The van der Waals surface area contributed by atoms with Crippen molar-refractivity contribution in [2.24, 2.45) is 0 Å². The van der Waals surface area contributed by atoms with Crippen LogP contribution in [0.4, 0.5) is 0 Å². The van der Waals surface area contributed by atoms with Gasteiger partial charge in [-0.05, 0) is 13.0 Å². The summed E-state index contributed by atoms with van der Waals surface area (Å²) in [6, 6.07) is 1.80. The van der Waals surface area contributed by atoms with Crippen molar-refractivity contribution in [3.8, 4) is 17.2 Å². The Kier molecular flexibility index (Phi) is 5.08. The molecule has 0 saturated carbocycles. The smallest absolute Gasteiger partial charge is 0.203 e. The largest absolute Gasteiger partial charge is 0.493 e. The topological polar surface area (TPSA) is 47.9 Å². The molecule has 5 heteroatoms. The summed E-state index contributed by atoms with van der Waals surface area (Å²) in [5.41, 5.74) is 0.861. The molecule has 0 saturated heterocycles. The van der Waals surface area contributed by atoms with Gasteiger partial charge in [0.05, 0.1) is 27.4 Å². The lowest BCUT2D eigenvalue weighted by Crippen LogP contribution is -2.08. The first-order chi connectivity index (χ1) is 8.04. The van der Waals surface area contributed by atoms with Gasteiger partial charge in [-0.1, -0.05) is 15.9 Å². The van der Waals surface area contributed by atoms with Crippen LogP contribution in [0.3, 0.4) is 0 Å². The van der Waals surface area contributed by atoms with Gasteiger partial charge in [-0.3, -0.25) is 0 Å². The molecule has 0 aliphatic heterocycles. The van der Waals surface area contributed by atoms with E-state index in [9.17, 15) is 5.11 Å². The first kappa shape index (κ1) is 14.1. The maximum Gasteiger partial charge on any atom is 0.203 e. The molecule has 4 nitrogen and oxygen atoms in total. The maximum absolute atomic E-state index is 9.49. The average Bonchev–Trinajstić information content (AvgIpc) is 2.30. The first-order valence-electron chi connectivity index (χ1n) is 5.20. The molecule has 0 bridgehead atoms. The molecule has 0 amide bonds. The van der Waals surface area contributed by atoms with Crippen LogP contribution in [0.15, 0.2) is 10.5 Å². The molecule has 0 fully saturated rings. The predicted octanol–water partition coefficient (Wildman–Crippen LogP) is 2.40. The molecule has 0 heterocycles. The van der Waals surface area contributed by atoms with Crippen LogP contribution in [0.2, 0.25) is 0 Å². The number of ether oxygens (including phenoxy) is 3. The number of methoxy groups -OCH3 is 3. The molecule has 1 unspecified atom stereocenters. The Morgan fingerprint density at radius 2 is 1.76 bits per heavy atom. The molecular weight excluding hydrogens is 288 g/mol. The fourth-order valence-electron chi connectivity index (χ4n) is 1.67. The van der Waals surface area contributed by atoms with E-state index in [0.29, 0.717) is 23.7 Å². The quantitative estimate of drug-likeness (QED) is 0.907. The van der Waals surface area contributed by atoms with Crippen LogP contribution in [0, 0.1) is 0 Å². The molecule has 1 atom stereocenters. The lowest BCUT2D eigenvalue weighted by atomic mass is 10.1. The normalized spacial score (nSPS) is 12.1. The SMILES string of the molecule is COc1cc(Br)c(CC(C)O)c(OC)c1OC. The number of benzene rings is 1. The summed E-state index contributed by atoms with van der Waals surface area (Å²) < 4.78 is 16.7. The summed E-state index contributed by atoms with van der Waals surface area (Å²) in [5.74, 6) is 1.71. The van der Waals surface area contributed by atoms with E-state index >= 15 is 0 Å². The van der Waals surface area contributed by atoms with Gasteiger partial charge in [0.2, 0.25) is 5.75 Å². The van der Waals surface area contributed by atoms with E-state index in [0.717, 1.165) is 10.0 Å². The Balaban J connectivity index is 3.38. The molecule has 1 rings (SSSR count). The van der Waals surface area contributed by atoms with Gasteiger partial charge in [-0.25, -0.2) is 0 Å². The zero-order valence-electron chi connectivity index (χ0n) is 10.4. The zero-order valence-corrected chi connectivity index (χ0v) is 12.0. The molecule has 1 N–H and O–H groups in total. The Bertz CT molecular complexity index is 391. The highest BCUT2D eigenvalue weighted by atomic mass is 79.9. The number of aliphatic hydroxyl groups is 1. The fourth-order valence-corrected chi connectivity index (χ4v) is 2.22. The standard InChI is InChI=1S/C12H17BrO4/c1-7(14)5-8-9(13)6-10(15-2)12(17-4)11(8)16-3/h6-7,14H,5H2,1-4H3. The van der Waals surface area contributed by atoms with Gasteiger partial charge in [0.15, 0.2) is 11.5 Å². The molecule has 0 aliphatic carbocycles. The van der Waals surface area contributed by atoms with Crippen molar-refractivity contribution in [2.45, 2.75) is 19.4 Å². The Hall–Kier alpha value is -0.940. The van der Waals surface area contributed by atoms with Gasteiger partial charge < -0.3 is 19.3 Å². The summed E-state index contributed by atoms with van der Waals surface area (Å²) in [7, 11) is 4.69. The van der Waals surface area contributed by atoms with E-state index < -0.39 is 6.10 Å². The summed E-state index contributed by atoms with van der Waals surface area (Å²) in [6.07, 6.45) is 0.0164. The second-order valence-corrected chi connectivity index (χ2v) is 4.51. The van der Waals surface area contributed by atoms with Gasteiger partial charge in [0, 0.05) is 16.5 Å². The third-order valence-electron chi connectivity index (χ3n) is 2.38. The van der Waals surface area contributed by atoms with E-state index in [4.69, 9.17) is 14.2 Å². The van der Waals surface area contributed by atoms with Crippen molar-refractivity contribution in [1.29, 1.82) is 0 Å². The minimum atomic E-state index is -0.460. The highest BCUT2D eigenvalue weighted by Crippen LogP contribution is 2.44. The molecule has 0 aliphatic rings. The summed E-state index contributed by atoms with van der Waals surface area (Å²) in [6.45, 7) is 1.72. The Labute approximate surface area is 110 Å². The van der Waals surface area contributed by atoms with Crippen LogP contribution < -0.4 is 14.2 Å². The summed E-state index contributed by atoms with van der Waals surface area (Å²) in [5, 5.41) is 9.49. The van der Waals surface area contributed by atoms with Crippen LogP contribution in [-0.2, 0) is 6.42 Å². The number of aliphatic hydroxyl groups excluding tert-OH is 1. The average molecular weight is 305 g/mol. The number of rotatable bonds is 5. The van der Waals surface area contributed by atoms with E-state index in [1.807, 2.05) is 0 Å². The second-order valence-electron chi connectivity index (χ2n) is 3.66. The van der Waals surface area contributed by atoms with Crippen LogP contribution in [-0.4, -0.2) is 32.5 Å². The summed E-state index contributed by atoms with van der Waals surface area (Å²) in [4.78, 5) is 0. The third kappa shape index (κ3) is 3.04. The minimum absolute atomic E-state index is 0.460. The van der Waals surface area contributed by atoms with Crippen molar-refractivity contribution in [1.82, 2.24) is 0 Å². The van der Waals surface area contributed by atoms with Gasteiger partial charge in [0.25, 0.3) is 0 Å². The molecule has 0 aromatic heterocycles. The van der Waals surface area contributed by atoms with E-state index in [-0.39, 0.29) is 0 Å². The molecular formula is C12H17BrO4. The Morgan fingerprint density at radius 1 is 1.18 bits per heavy atom. The van der Waals surface area contributed by atoms with Crippen LogP contribution in [0.1, 0.15) is 12.5 Å². The fraction of sp³-hybridized carbons (Fsp3) is 0.500. The maximum atomic E-state index is 9.49. The highest BCUT2D eigenvalue weighted by Gasteiger charge is 2.20. The van der Waals surface area contributed by atoms with Crippen molar-refractivity contribution >= 4 is 15.9 Å². The lowest BCUT2D eigenvalue weighted by molar-refractivity contribution is 0.193. The third-order valence-corrected chi connectivity index (χ3v) is 3.09. The minimum Gasteiger partial charge on any atom is -0.493 e. The number of hydrogen-bond acceptors (Lipinski definition) is 4. The molecule has 0 radical (unpaired) electrons. The Morgan fingerprint density at radius 3 is 2.18 bits per heavy atom. The summed E-state index contributed by atoms with van der Waals surface area (Å²) >= 11 is 3.44. The lowest BCUT2D eigenvalue weighted by Gasteiger charge is -2.18. The second kappa shape index (κ2) is 6.12. The molecule has 96 valence electrons. The highest BCUT2D eigenvalue weighted by molar-refractivity contribution is 9.10. The molecule has 0 spiro atoms. The van der Waals surface area contributed by atoms with E-state index in [1.165, 1.54) is 0 Å². The number of hydrogen-bond donors (Lipinski definition) is 1. The van der Waals surface area contributed by atoms with Crippen LogP contribution in [0.5, 0.6) is 17.2 Å². The van der Waals surface area contributed by atoms with Gasteiger partial charge in [0.1, 0.15) is 0 Å². The van der Waals surface area contributed by atoms with Crippen molar-refractivity contribution < 1.29 is 19.3 Å². The first-order valence-corrected chi connectivity index (χ1v) is 5.99. The predicted molar refractivity (Wildman–Crippen MR) is 69.2 cm³/mol. The van der Waals surface area contributed by atoms with Gasteiger partial charge in [-0.15, -0.1) is 0 Å². The van der Waals surface area contributed by atoms with Crippen molar-refractivity contribution in [3.63, 3.8) is 0 Å². The van der Waals surface area contributed by atoms with Crippen molar-refractivity contribution in [2.75, 3.05) is 21.3 Å². The molecule has 17 heavy (non-hydrogen) atoms. The molecule has 1 aromatic carbocycles. The van der Waals surface area contributed by atoms with E-state index in [1.54, 1.807) is 34.3 Å². The van der Waals surface area contributed by atoms with E-state index in [2.05, 4.69) is 15.9 Å². The monoisotopic (exact) mass is 304 g/mol. The van der Waals surface area contributed by atoms with Crippen molar-refractivity contribution in [3.05, 3.63) is 16.1 Å². The van der Waals surface area contributed by atoms with Gasteiger partial charge >= 0.3 is 0 Å². The molecule has 1 aromatic rings. The number of halogens is 1.